The number of rotatable bonds is 4. The van der Waals surface area contributed by atoms with E-state index >= 15 is 0 Å². The highest BCUT2D eigenvalue weighted by Gasteiger charge is 2.26. The van der Waals surface area contributed by atoms with Crippen LogP contribution in [0.5, 0.6) is 0 Å². The molecule has 120 valence electrons. The second-order valence-electron chi connectivity index (χ2n) is 6.09. The number of carbonyl (C=O) groups is 1. The fourth-order valence-electron chi connectivity index (χ4n) is 3.36. The summed E-state index contributed by atoms with van der Waals surface area (Å²) in [5.74, 6) is 1.45. The first-order chi connectivity index (χ1) is 10.7. The average Bonchev–Trinajstić information content (AvgIpc) is 3.04. The summed E-state index contributed by atoms with van der Waals surface area (Å²) in [6.45, 7) is 2.64. The molecule has 7 nitrogen and oxygen atoms in total. The lowest BCUT2D eigenvalue weighted by Crippen LogP contribution is -2.39. The minimum Gasteiger partial charge on any atom is -0.394 e. The molecule has 22 heavy (non-hydrogen) atoms. The molecule has 1 atom stereocenters. The van der Waals surface area contributed by atoms with Crippen molar-refractivity contribution in [3.63, 3.8) is 0 Å². The summed E-state index contributed by atoms with van der Waals surface area (Å²) < 4.78 is 0. The van der Waals surface area contributed by atoms with E-state index in [4.69, 9.17) is 5.73 Å². The van der Waals surface area contributed by atoms with Crippen LogP contribution in [0.1, 0.15) is 25.7 Å². The van der Waals surface area contributed by atoms with Crippen molar-refractivity contribution in [2.24, 2.45) is 11.7 Å². The van der Waals surface area contributed by atoms with E-state index in [9.17, 15) is 9.90 Å². The number of nitrogens with two attached hydrogens (primary N) is 1. The van der Waals surface area contributed by atoms with E-state index in [-0.39, 0.29) is 24.5 Å². The van der Waals surface area contributed by atoms with Crippen molar-refractivity contribution in [1.29, 1.82) is 0 Å². The molecule has 0 aliphatic carbocycles. The number of aliphatic hydroxyl groups excluding tert-OH is 1. The number of anilines is 2. The second kappa shape index (κ2) is 6.48. The fraction of sp³-hybridized carbons (Fsp3) is 0.667. The monoisotopic (exact) mass is 305 g/mol. The van der Waals surface area contributed by atoms with Crippen molar-refractivity contribution in [2.45, 2.75) is 31.7 Å². The van der Waals surface area contributed by atoms with Crippen LogP contribution in [0.2, 0.25) is 0 Å². The van der Waals surface area contributed by atoms with Gasteiger partial charge in [-0.15, -0.1) is 10.2 Å². The SMILES string of the molecule is NC(=O)C1CCN(c2ccc(N3CCCC3CO)nn2)CC1. The minimum absolute atomic E-state index is 0.0154. The summed E-state index contributed by atoms with van der Waals surface area (Å²) in [4.78, 5) is 15.5. The third-order valence-corrected chi connectivity index (χ3v) is 4.74. The Balaban J connectivity index is 1.64. The molecule has 3 heterocycles. The van der Waals surface area contributed by atoms with Crippen molar-refractivity contribution in [1.82, 2.24) is 10.2 Å². The molecule has 0 spiro atoms. The standard InChI is InChI=1S/C15H23N5O2/c16-15(22)11-5-8-19(9-6-11)13-3-4-14(18-17-13)20-7-1-2-12(20)10-21/h3-4,11-12,21H,1-2,5-10H2,(H2,16,22). The molecule has 2 fully saturated rings. The second-order valence-corrected chi connectivity index (χ2v) is 6.09. The molecule has 0 bridgehead atoms. The molecule has 3 N–H and O–H groups in total. The number of primary amides is 1. The summed E-state index contributed by atoms with van der Waals surface area (Å²) in [6.07, 6.45) is 3.63. The van der Waals surface area contributed by atoms with Gasteiger partial charge in [-0.2, -0.15) is 0 Å². The lowest BCUT2D eigenvalue weighted by molar-refractivity contribution is -0.122. The van der Waals surface area contributed by atoms with Gasteiger partial charge in [-0.3, -0.25) is 4.79 Å². The topological polar surface area (TPSA) is 95.6 Å². The van der Waals surface area contributed by atoms with Crippen LogP contribution in [0.3, 0.4) is 0 Å². The Morgan fingerprint density at radius 3 is 2.45 bits per heavy atom. The number of piperidine rings is 1. The maximum Gasteiger partial charge on any atom is 0.220 e. The number of hydrogen-bond donors (Lipinski definition) is 2. The van der Waals surface area contributed by atoms with E-state index in [1.165, 1.54) is 0 Å². The fourth-order valence-corrected chi connectivity index (χ4v) is 3.36. The first-order valence-corrected chi connectivity index (χ1v) is 7.94. The van der Waals surface area contributed by atoms with E-state index in [0.29, 0.717) is 0 Å². The number of aromatic nitrogens is 2. The number of amides is 1. The van der Waals surface area contributed by atoms with Crippen LogP contribution in [-0.2, 0) is 4.79 Å². The van der Waals surface area contributed by atoms with Gasteiger partial charge in [0, 0.05) is 25.6 Å². The van der Waals surface area contributed by atoms with E-state index in [2.05, 4.69) is 20.0 Å². The van der Waals surface area contributed by atoms with Gasteiger partial charge in [0.1, 0.15) is 0 Å². The number of nitrogens with zero attached hydrogens (tertiary/aromatic N) is 4. The molecular weight excluding hydrogens is 282 g/mol. The zero-order valence-corrected chi connectivity index (χ0v) is 12.7. The molecular formula is C15H23N5O2. The summed E-state index contributed by atoms with van der Waals surface area (Å²) >= 11 is 0. The quantitative estimate of drug-likeness (QED) is 0.821. The van der Waals surface area contributed by atoms with Gasteiger partial charge >= 0.3 is 0 Å². The molecule has 3 rings (SSSR count). The average molecular weight is 305 g/mol. The van der Waals surface area contributed by atoms with E-state index < -0.39 is 0 Å². The van der Waals surface area contributed by atoms with Gasteiger partial charge < -0.3 is 20.6 Å². The number of carbonyl (C=O) groups excluding carboxylic acids is 1. The molecule has 1 aromatic heterocycles. The Morgan fingerprint density at radius 2 is 1.86 bits per heavy atom. The van der Waals surface area contributed by atoms with Gasteiger partial charge in [0.05, 0.1) is 12.6 Å². The Labute approximate surface area is 130 Å². The van der Waals surface area contributed by atoms with Crippen LogP contribution < -0.4 is 15.5 Å². The van der Waals surface area contributed by atoms with Crippen LogP contribution in [-0.4, -0.2) is 53.5 Å². The summed E-state index contributed by atoms with van der Waals surface area (Å²) in [7, 11) is 0. The van der Waals surface area contributed by atoms with E-state index in [1.807, 2.05) is 12.1 Å². The molecule has 0 saturated carbocycles. The van der Waals surface area contributed by atoms with Crippen LogP contribution in [0.15, 0.2) is 12.1 Å². The van der Waals surface area contributed by atoms with Gasteiger partial charge in [0.2, 0.25) is 5.91 Å². The normalized spacial score (nSPS) is 23.0. The zero-order valence-electron chi connectivity index (χ0n) is 12.7. The maximum atomic E-state index is 11.2. The third kappa shape index (κ3) is 2.99. The lowest BCUT2D eigenvalue weighted by atomic mass is 9.96. The molecule has 7 heteroatoms. The van der Waals surface area contributed by atoms with Crippen LogP contribution in [0, 0.1) is 5.92 Å². The maximum absolute atomic E-state index is 11.2. The van der Waals surface area contributed by atoms with Crippen molar-refractivity contribution in [3.8, 4) is 0 Å². The third-order valence-electron chi connectivity index (χ3n) is 4.74. The van der Waals surface area contributed by atoms with Crippen molar-refractivity contribution < 1.29 is 9.90 Å². The molecule has 2 saturated heterocycles. The van der Waals surface area contributed by atoms with Gasteiger partial charge in [0.25, 0.3) is 0 Å². The highest BCUT2D eigenvalue weighted by Crippen LogP contribution is 2.25. The zero-order chi connectivity index (χ0) is 15.5. The molecule has 1 unspecified atom stereocenters. The first-order valence-electron chi connectivity index (χ1n) is 7.94. The molecule has 1 aromatic rings. The molecule has 2 aliphatic rings. The van der Waals surface area contributed by atoms with Gasteiger partial charge in [0.15, 0.2) is 11.6 Å². The lowest BCUT2D eigenvalue weighted by Gasteiger charge is -2.31. The van der Waals surface area contributed by atoms with E-state index in [1.54, 1.807) is 0 Å². The summed E-state index contributed by atoms with van der Waals surface area (Å²) in [5.41, 5.74) is 5.36. The Morgan fingerprint density at radius 1 is 1.18 bits per heavy atom. The Bertz CT molecular complexity index is 513. The van der Waals surface area contributed by atoms with Gasteiger partial charge in [-0.05, 0) is 37.8 Å². The highest BCUT2D eigenvalue weighted by molar-refractivity contribution is 5.77. The van der Waals surface area contributed by atoms with Crippen LogP contribution in [0.25, 0.3) is 0 Å². The first kappa shape index (κ1) is 15.0. The van der Waals surface area contributed by atoms with Crippen molar-refractivity contribution >= 4 is 17.5 Å². The Kier molecular flexibility index (Phi) is 4.42. The summed E-state index contributed by atoms with van der Waals surface area (Å²) in [6, 6.07) is 4.10. The molecule has 0 radical (unpaired) electrons. The van der Waals surface area contributed by atoms with Crippen molar-refractivity contribution in [2.75, 3.05) is 36.0 Å². The van der Waals surface area contributed by atoms with Crippen molar-refractivity contribution in [3.05, 3.63) is 12.1 Å². The van der Waals surface area contributed by atoms with Crippen LogP contribution in [0.4, 0.5) is 11.6 Å². The summed E-state index contributed by atoms with van der Waals surface area (Å²) in [5, 5.41) is 18.0. The highest BCUT2D eigenvalue weighted by atomic mass is 16.3. The predicted octanol–water partition coefficient (Wildman–Crippen LogP) is 0.139. The molecule has 0 aromatic carbocycles. The predicted molar refractivity (Wildman–Crippen MR) is 83.6 cm³/mol. The van der Waals surface area contributed by atoms with Gasteiger partial charge in [-0.25, -0.2) is 0 Å². The largest absolute Gasteiger partial charge is 0.394 e. The minimum atomic E-state index is -0.204. The van der Waals surface area contributed by atoms with E-state index in [0.717, 1.165) is 57.0 Å². The smallest absolute Gasteiger partial charge is 0.220 e. The van der Waals surface area contributed by atoms with Crippen LogP contribution >= 0.6 is 0 Å². The Hall–Kier alpha value is -1.89. The number of hydrogen-bond acceptors (Lipinski definition) is 6. The van der Waals surface area contributed by atoms with Gasteiger partial charge in [-0.1, -0.05) is 0 Å². The molecule has 1 amide bonds. The number of aliphatic hydroxyl groups is 1. The molecule has 2 aliphatic heterocycles.